The number of nitrogens with one attached hydrogen (secondary N) is 1. The molecule has 6 heteroatoms. The monoisotopic (exact) mass is 323 g/mol. The van der Waals surface area contributed by atoms with Crippen molar-refractivity contribution in [3.63, 3.8) is 0 Å². The number of benzene rings is 1. The Kier molecular flexibility index (Phi) is 6.27. The predicted molar refractivity (Wildman–Crippen MR) is 85.3 cm³/mol. The van der Waals surface area contributed by atoms with Crippen molar-refractivity contribution in [3.8, 4) is 0 Å². The van der Waals surface area contributed by atoms with E-state index in [1.165, 1.54) is 11.8 Å². The molecule has 1 aromatic carbocycles. The van der Waals surface area contributed by atoms with Crippen LogP contribution in [0.15, 0.2) is 29.2 Å². The highest BCUT2D eigenvalue weighted by Gasteiger charge is 2.19. The lowest BCUT2D eigenvalue weighted by Crippen LogP contribution is -2.35. The smallest absolute Gasteiger partial charge is 0.316 e. The second kappa shape index (κ2) is 8.19. The Morgan fingerprint density at radius 3 is 2.86 bits per heavy atom. The number of thioether (sulfide) groups is 1. The highest BCUT2D eigenvalue weighted by Crippen LogP contribution is 2.27. The van der Waals surface area contributed by atoms with Crippen LogP contribution in [0, 0.1) is 0 Å². The summed E-state index contributed by atoms with van der Waals surface area (Å²) >= 11 is 1.18. The number of carboxylic acid groups (broad SMARTS) is 1. The summed E-state index contributed by atoms with van der Waals surface area (Å²) in [6.45, 7) is 2.85. The summed E-state index contributed by atoms with van der Waals surface area (Å²) in [7, 11) is 0. The third-order valence-corrected chi connectivity index (χ3v) is 4.71. The number of rotatable bonds is 6. The fraction of sp³-hybridized carbons (Fsp3) is 0.500. The van der Waals surface area contributed by atoms with E-state index in [1.807, 2.05) is 0 Å². The van der Waals surface area contributed by atoms with Crippen LogP contribution < -0.4 is 5.32 Å². The minimum Gasteiger partial charge on any atom is -0.480 e. The van der Waals surface area contributed by atoms with Crippen LogP contribution in [0.3, 0.4) is 0 Å². The first-order valence-electron chi connectivity index (χ1n) is 7.46. The normalized spacial score (nSPS) is 19.4. The molecule has 0 aliphatic carbocycles. The SMILES string of the molecule is CC(Sc1ccccc1C(=O)NCC1CCCCO1)C(=O)O. The van der Waals surface area contributed by atoms with Gasteiger partial charge in [0.1, 0.15) is 5.25 Å². The van der Waals surface area contributed by atoms with E-state index < -0.39 is 11.2 Å². The second-order valence-electron chi connectivity index (χ2n) is 5.29. The fourth-order valence-corrected chi connectivity index (χ4v) is 3.19. The molecule has 1 aromatic rings. The number of carbonyl (C=O) groups excluding carboxylic acids is 1. The number of aliphatic carboxylic acids is 1. The highest BCUT2D eigenvalue weighted by molar-refractivity contribution is 8.00. The van der Waals surface area contributed by atoms with E-state index in [0.717, 1.165) is 25.9 Å². The molecule has 0 radical (unpaired) electrons. The molecule has 1 fully saturated rings. The zero-order valence-corrected chi connectivity index (χ0v) is 13.4. The molecule has 22 heavy (non-hydrogen) atoms. The second-order valence-corrected chi connectivity index (χ2v) is 6.68. The molecule has 2 N–H and O–H groups in total. The van der Waals surface area contributed by atoms with Gasteiger partial charge in [0.15, 0.2) is 0 Å². The average molecular weight is 323 g/mol. The Hall–Kier alpha value is -1.53. The van der Waals surface area contributed by atoms with E-state index in [0.29, 0.717) is 17.0 Å². The number of ether oxygens (including phenoxy) is 1. The maximum Gasteiger partial charge on any atom is 0.316 e. The first kappa shape index (κ1) is 16.8. The molecule has 2 atom stereocenters. The van der Waals surface area contributed by atoms with E-state index >= 15 is 0 Å². The van der Waals surface area contributed by atoms with Crippen molar-refractivity contribution in [1.29, 1.82) is 0 Å². The van der Waals surface area contributed by atoms with Gasteiger partial charge in [-0.05, 0) is 38.3 Å². The van der Waals surface area contributed by atoms with Gasteiger partial charge in [0.05, 0.1) is 11.7 Å². The van der Waals surface area contributed by atoms with Crippen LogP contribution in [0.25, 0.3) is 0 Å². The van der Waals surface area contributed by atoms with Crippen LogP contribution >= 0.6 is 11.8 Å². The molecule has 1 heterocycles. The number of carbonyl (C=O) groups is 2. The van der Waals surface area contributed by atoms with Crippen LogP contribution in [0.2, 0.25) is 0 Å². The van der Waals surface area contributed by atoms with Gasteiger partial charge in [-0.3, -0.25) is 9.59 Å². The van der Waals surface area contributed by atoms with Gasteiger partial charge in [0.25, 0.3) is 5.91 Å². The lowest BCUT2D eigenvalue weighted by Gasteiger charge is -2.23. The Morgan fingerprint density at radius 2 is 2.18 bits per heavy atom. The Balaban J connectivity index is 1.97. The van der Waals surface area contributed by atoms with E-state index in [1.54, 1.807) is 31.2 Å². The van der Waals surface area contributed by atoms with Crippen LogP contribution in [0.4, 0.5) is 0 Å². The molecule has 0 bridgehead atoms. The van der Waals surface area contributed by atoms with Crippen molar-refractivity contribution in [2.24, 2.45) is 0 Å². The zero-order valence-electron chi connectivity index (χ0n) is 12.6. The van der Waals surface area contributed by atoms with Gasteiger partial charge >= 0.3 is 5.97 Å². The molecular formula is C16H21NO4S. The van der Waals surface area contributed by atoms with Crippen LogP contribution in [-0.4, -0.2) is 41.5 Å². The molecule has 2 unspecified atom stereocenters. The molecule has 120 valence electrons. The lowest BCUT2D eigenvalue weighted by molar-refractivity contribution is -0.136. The van der Waals surface area contributed by atoms with Crippen LogP contribution in [-0.2, 0) is 9.53 Å². The lowest BCUT2D eigenvalue weighted by atomic mass is 10.1. The summed E-state index contributed by atoms with van der Waals surface area (Å²) in [6.07, 6.45) is 3.25. The van der Waals surface area contributed by atoms with Crippen molar-refractivity contribution in [2.75, 3.05) is 13.2 Å². The van der Waals surface area contributed by atoms with Gasteiger partial charge in [-0.2, -0.15) is 0 Å². The maximum absolute atomic E-state index is 12.3. The molecule has 2 rings (SSSR count). The Labute approximate surface area is 134 Å². The van der Waals surface area contributed by atoms with Gasteiger partial charge < -0.3 is 15.2 Å². The molecule has 5 nitrogen and oxygen atoms in total. The van der Waals surface area contributed by atoms with Crippen molar-refractivity contribution in [3.05, 3.63) is 29.8 Å². The van der Waals surface area contributed by atoms with E-state index in [-0.39, 0.29) is 12.0 Å². The summed E-state index contributed by atoms with van der Waals surface area (Å²) in [5.41, 5.74) is 0.511. The molecule has 0 spiro atoms. The van der Waals surface area contributed by atoms with Gasteiger partial charge in [0.2, 0.25) is 0 Å². The summed E-state index contributed by atoms with van der Waals surface area (Å²) in [5, 5.41) is 11.3. The standard InChI is InChI=1S/C16H21NO4S/c1-11(16(19)20)22-14-8-3-2-7-13(14)15(18)17-10-12-6-4-5-9-21-12/h2-3,7-8,11-12H,4-6,9-10H2,1H3,(H,17,18)(H,19,20). The summed E-state index contributed by atoms with van der Waals surface area (Å²) < 4.78 is 5.59. The zero-order chi connectivity index (χ0) is 15.9. The first-order chi connectivity index (χ1) is 10.6. The van der Waals surface area contributed by atoms with Gasteiger partial charge in [-0.1, -0.05) is 12.1 Å². The quantitative estimate of drug-likeness (QED) is 0.787. The topological polar surface area (TPSA) is 75.6 Å². The number of carboxylic acids is 1. The average Bonchev–Trinajstić information content (AvgIpc) is 2.54. The fourth-order valence-electron chi connectivity index (χ4n) is 2.27. The Morgan fingerprint density at radius 1 is 1.41 bits per heavy atom. The summed E-state index contributed by atoms with van der Waals surface area (Å²) in [4.78, 5) is 24.0. The molecule has 1 aliphatic rings. The molecule has 1 saturated heterocycles. The predicted octanol–water partition coefficient (Wildman–Crippen LogP) is 2.55. The Bertz CT molecular complexity index is 529. The van der Waals surface area contributed by atoms with Crippen molar-refractivity contribution < 1.29 is 19.4 Å². The van der Waals surface area contributed by atoms with E-state index in [4.69, 9.17) is 9.84 Å². The van der Waals surface area contributed by atoms with Gasteiger partial charge in [-0.25, -0.2) is 0 Å². The third kappa shape index (κ3) is 4.74. The molecule has 1 aliphatic heterocycles. The van der Waals surface area contributed by atoms with Crippen molar-refractivity contribution in [1.82, 2.24) is 5.32 Å². The minimum absolute atomic E-state index is 0.0791. The van der Waals surface area contributed by atoms with Crippen LogP contribution in [0.1, 0.15) is 36.5 Å². The van der Waals surface area contributed by atoms with Gasteiger partial charge in [0, 0.05) is 18.0 Å². The number of amides is 1. The van der Waals surface area contributed by atoms with Crippen molar-refractivity contribution >= 4 is 23.6 Å². The number of hydrogen-bond acceptors (Lipinski definition) is 4. The van der Waals surface area contributed by atoms with Crippen molar-refractivity contribution in [2.45, 2.75) is 42.4 Å². The van der Waals surface area contributed by atoms with E-state index in [9.17, 15) is 9.59 Å². The summed E-state index contributed by atoms with van der Waals surface area (Å²) in [5.74, 6) is -1.08. The van der Waals surface area contributed by atoms with Gasteiger partial charge in [-0.15, -0.1) is 11.8 Å². The number of hydrogen-bond donors (Lipinski definition) is 2. The largest absolute Gasteiger partial charge is 0.480 e. The maximum atomic E-state index is 12.3. The molecule has 0 aromatic heterocycles. The minimum atomic E-state index is -0.893. The third-order valence-electron chi connectivity index (χ3n) is 3.55. The highest BCUT2D eigenvalue weighted by atomic mass is 32.2. The van der Waals surface area contributed by atoms with Crippen LogP contribution in [0.5, 0.6) is 0 Å². The first-order valence-corrected chi connectivity index (χ1v) is 8.34. The van der Waals surface area contributed by atoms with E-state index in [2.05, 4.69) is 5.32 Å². The molecular weight excluding hydrogens is 302 g/mol. The molecule has 0 saturated carbocycles. The summed E-state index contributed by atoms with van der Waals surface area (Å²) in [6, 6.07) is 7.07. The molecule has 1 amide bonds.